The standard InChI is InChI=1S/C16H21BrN2O/c1-19-10-12(6-7-16(19)20)18-13-8-11(9-13)14-4-2-3-5-15(14)17/h2-5,11-13,18H,6-10H2,1H3. The molecule has 2 aliphatic rings. The van der Waals surface area contributed by atoms with Crippen molar-refractivity contribution in [3.63, 3.8) is 0 Å². The molecule has 1 aromatic rings. The predicted octanol–water partition coefficient (Wildman–Crippen LogP) is 2.91. The van der Waals surface area contributed by atoms with E-state index in [9.17, 15) is 4.79 Å². The lowest BCUT2D eigenvalue weighted by Crippen LogP contribution is -2.52. The van der Waals surface area contributed by atoms with Crippen LogP contribution >= 0.6 is 15.9 Å². The summed E-state index contributed by atoms with van der Waals surface area (Å²) in [7, 11) is 1.90. The van der Waals surface area contributed by atoms with E-state index in [1.807, 2.05) is 11.9 Å². The van der Waals surface area contributed by atoms with Crippen LogP contribution in [0, 0.1) is 0 Å². The van der Waals surface area contributed by atoms with Crippen molar-refractivity contribution in [3.05, 3.63) is 34.3 Å². The molecule has 0 bridgehead atoms. The van der Waals surface area contributed by atoms with E-state index in [2.05, 4.69) is 45.5 Å². The van der Waals surface area contributed by atoms with Crippen molar-refractivity contribution in [1.82, 2.24) is 10.2 Å². The van der Waals surface area contributed by atoms with Gasteiger partial charge in [-0.2, -0.15) is 0 Å². The molecule has 2 fully saturated rings. The minimum absolute atomic E-state index is 0.280. The third-order valence-corrected chi connectivity index (χ3v) is 5.30. The molecule has 1 amide bonds. The molecule has 1 saturated carbocycles. The first kappa shape index (κ1) is 14.1. The van der Waals surface area contributed by atoms with E-state index in [0.29, 0.717) is 24.4 Å². The Hall–Kier alpha value is -0.870. The summed E-state index contributed by atoms with van der Waals surface area (Å²) >= 11 is 3.64. The van der Waals surface area contributed by atoms with Gasteiger partial charge in [-0.15, -0.1) is 0 Å². The second kappa shape index (κ2) is 5.86. The summed E-state index contributed by atoms with van der Waals surface area (Å²) in [4.78, 5) is 13.3. The molecule has 3 rings (SSSR count). The number of hydrogen-bond acceptors (Lipinski definition) is 2. The van der Waals surface area contributed by atoms with E-state index in [4.69, 9.17) is 0 Å². The number of halogens is 1. The van der Waals surface area contributed by atoms with E-state index < -0.39 is 0 Å². The first-order valence-electron chi connectivity index (χ1n) is 7.38. The molecule has 0 radical (unpaired) electrons. The minimum Gasteiger partial charge on any atom is -0.344 e. The van der Waals surface area contributed by atoms with E-state index in [0.717, 1.165) is 13.0 Å². The highest BCUT2D eigenvalue weighted by Crippen LogP contribution is 2.40. The molecule has 0 aromatic heterocycles. The number of piperidine rings is 1. The number of hydrogen-bond donors (Lipinski definition) is 1. The molecule has 1 aliphatic heterocycles. The molecule has 1 atom stereocenters. The molecule has 3 nitrogen and oxygen atoms in total. The number of likely N-dealkylation sites (tertiary alicyclic amines) is 1. The van der Waals surface area contributed by atoms with Crippen LogP contribution in [0.4, 0.5) is 0 Å². The zero-order valence-electron chi connectivity index (χ0n) is 11.8. The van der Waals surface area contributed by atoms with Gasteiger partial charge < -0.3 is 10.2 Å². The van der Waals surface area contributed by atoms with E-state index in [1.165, 1.54) is 22.9 Å². The summed E-state index contributed by atoms with van der Waals surface area (Å²) in [6, 6.07) is 9.61. The highest BCUT2D eigenvalue weighted by molar-refractivity contribution is 9.10. The molecule has 1 aromatic carbocycles. The molecule has 4 heteroatoms. The maximum absolute atomic E-state index is 11.5. The topological polar surface area (TPSA) is 32.3 Å². The maximum Gasteiger partial charge on any atom is 0.222 e. The van der Waals surface area contributed by atoms with Gasteiger partial charge in [-0.25, -0.2) is 0 Å². The van der Waals surface area contributed by atoms with Gasteiger partial charge in [-0.05, 0) is 36.8 Å². The van der Waals surface area contributed by atoms with Crippen LogP contribution in [0.5, 0.6) is 0 Å². The lowest BCUT2D eigenvalue weighted by Gasteiger charge is -2.41. The number of nitrogens with zero attached hydrogens (tertiary/aromatic N) is 1. The van der Waals surface area contributed by atoms with Gasteiger partial charge in [0.15, 0.2) is 0 Å². The Bertz CT molecular complexity index is 499. The fourth-order valence-electron chi connectivity index (χ4n) is 3.30. The van der Waals surface area contributed by atoms with E-state index >= 15 is 0 Å². The van der Waals surface area contributed by atoms with Gasteiger partial charge in [-0.3, -0.25) is 4.79 Å². The third-order valence-electron chi connectivity index (χ3n) is 4.58. The van der Waals surface area contributed by atoms with Gasteiger partial charge in [0.1, 0.15) is 0 Å². The highest BCUT2D eigenvalue weighted by atomic mass is 79.9. The van der Waals surface area contributed by atoms with Crippen molar-refractivity contribution in [3.8, 4) is 0 Å². The smallest absolute Gasteiger partial charge is 0.222 e. The molecular formula is C16H21BrN2O. The number of carbonyl (C=O) groups excluding carboxylic acids is 1. The molecule has 1 heterocycles. The number of carbonyl (C=O) groups is 1. The Kier molecular flexibility index (Phi) is 4.13. The summed E-state index contributed by atoms with van der Waals surface area (Å²) in [6.07, 6.45) is 4.08. The van der Waals surface area contributed by atoms with Gasteiger partial charge >= 0.3 is 0 Å². The second-order valence-corrected chi connectivity index (χ2v) is 6.92. The van der Waals surface area contributed by atoms with Crippen LogP contribution < -0.4 is 5.32 Å². The maximum atomic E-state index is 11.5. The zero-order valence-corrected chi connectivity index (χ0v) is 13.4. The first-order chi connectivity index (χ1) is 9.63. The summed E-state index contributed by atoms with van der Waals surface area (Å²) in [5, 5.41) is 3.72. The molecule has 20 heavy (non-hydrogen) atoms. The Labute approximate surface area is 128 Å². The molecule has 1 saturated heterocycles. The SMILES string of the molecule is CN1CC(NC2CC(c3ccccc3Br)C2)CCC1=O. The van der Waals surface area contributed by atoms with Crippen LogP contribution in [-0.2, 0) is 4.79 Å². The highest BCUT2D eigenvalue weighted by Gasteiger charge is 2.34. The van der Waals surface area contributed by atoms with Crippen molar-refractivity contribution < 1.29 is 4.79 Å². The average molecular weight is 337 g/mol. The average Bonchev–Trinajstić information content (AvgIpc) is 2.39. The number of rotatable bonds is 3. The number of nitrogens with one attached hydrogen (secondary N) is 1. The van der Waals surface area contributed by atoms with Gasteiger partial charge in [0.2, 0.25) is 5.91 Å². The van der Waals surface area contributed by atoms with Crippen LogP contribution in [0.3, 0.4) is 0 Å². The number of likely N-dealkylation sites (N-methyl/N-ethyl adjacent to an activating group) is 1. The van der Waals surface area contributed by atoms with E-state index in [-0.39, 0.29) is 5.91 Å². The Balaban J connectivity index is 1.49. The first-order valence-corrected chi connectivity index (χ1v) is 8.17. The Morgan fingerprint density at radius 1 is 1.25 bits per heavy atom. The summed E-state index contributed by atoms with van der Waals surface area (Å²) in [5.74, 6) is 0.953. The van der Waals surface area contributed by atoms with Crippen molar-refractivity contribution in [2.45, 2.75) is 43.7 Å². The van der Waals surface area contributed by atoms with E-state index in [1.54, 1.807) is 0 Å². The van der Waals surface area contributed by atoms with Crippen LogP contribution in [0.1, 0.15) is 37.2 Å². The van der Waals surface area contributed by atoms with Crippen LogP contribution in [0.15, 0.2) is 28.7 Å². The number of amides is 1. The fraction of sp³-hybridized carbons (Fsp3) is 0.562. The predicted molar refractivity (Wildman–Crippen MR) is 83.7 cm³/mol. The molecule has 108 valence electrons. The molecule has 1 unspecified atom stereocenters. The van der Waals surface area contributed by atoms with Crippen LogP contribution in [-0.4, -0.2) is 36.5 Å². The van der Waals surface area contributed by atoms with Gasteiger partial charge in [-0.1, -0.05) is 34.1 Å². The summed E-state index contributed by atoms with van der Waals surface area (Å²) in [6.45, 7) is 0.856. The van der Waals surface area contributed by atoms with Crippen molar-refractivity contribution >= 4 is 21.8 Å². The van der Waals surface area contributed by atoms with Crippen LogP contribution in [0.2, 0.25) is 0 Å². The Morgan fingerprint density at radius 3 is 2.70 bits per heavy atom. The molecular weight excluding hydrogens is 316 g/mol. The largest absolute Gasteiger partial charge is 0.344 e. The van der Waals surface area contributed by atoms with Crippen molar-refractivity contribution in [1.29, 1.82) is 0 Å². The minimum atomic E-state index is 0.280. The van der Waals surface area contributed by atoms with Gasteiger partial charge in [0.05, 0.1) is 0 Å². The molecule has 0 spiro atoms. The monoisotopic (exact) mass is 336 g/mol. The van der Waals surface area contributed by atoms with Crippen molar-refractivity contribution in [2.75, 3.05) is 13.6 Å². The fourth-order valence-corrected chi connectivity index (χ4v) is 3.90. The molecule has 1 N–H and O–H groups in total. The zero-order chi connectivity index (χ0) is 14.1. The lowest BCUT2D eigenvalue weighted by molar-refractivity contribution is -0.132. The Morgan fingerprint density at radius 2 is 2.00 bits per heavy atom. The lowest BCUT2D eigenvalue weighted by atomic mass is 9.75. The second-order valence-electron chi connectivity index (χ2n) is 6.06. The van der Waals surface area contributed by atoms with Crippen LogP contribution in [0.25, 0.3) is 0 Å². The quantitative estimate of drug-likeness (QED) is 0.920. The normalized spacial score (nSPS) is 30.2. The van der Waals surface area contributed by atoms with Crippen molar-refractivity contribution in [2.24, 2.45) is 0 Å². The van der Waals surface area contributed by atoms with Gasteiger partial charge in [0.25, 0.3) is 0 Å². The summed E-state index contributed by atoms with van der Waals surface area (Å²) < 4.78 is 1.23. The van der Waals surface area contributed by atoms with Gasteiger partial charge in [0, 0.05) is 36.6 Å². The third kappa shape index (κ3) is 2.91. The molecule has 1 aliphatic carbocycles. The number of benzene rings is 1. The summed E-state index contributed by atoms with van der Waals surface area (Å²) in [5.41, 5.74) is 1.43.